The fourth-order valence-electron chi connectivity index (χ4n) is 3.32. The van der Waals surface area contributed by atoms with Crippen LogP contribution in [0.2, 0.25) is 0 Å². The van der Waals surface area contributed by atoms with Gasteiger partial charge in [-0.1, -0.05) is 27.2 Å². The number of hydrogen-bond acceptors (Lipinski definition) is 4. The highest BCUT2D eigenvalue weighted by atomic mass is 16.5. The number of fused-ring (bicyclic) bond motifs is 1. The molecule has 1 fully saturated rings. The van der Waals surface area contributed by atoms with Gasteiger partial charge in [0.05, 0.1) is 13.7 Å². The van der Waals surface area contributed by atoms with E-state index in [1.54, 1.807) is 12.0 Å². The maximum Gasteiger partial charge on any atom is 0.249 e. The average Bonchev–Trinajstić information content (AvgIpc) is 2.41. The highest BCUT2D eigenvalue weighted by Gasteiger charge is 2.53. The third-order valence-electron chi connectivity index (χ3n) is 4.33. The topological polar surface area (TPSA) is 59.0 Å². The standard InChI is InChI=1S/C15H24N2O3/c1-5-7-15-8-6-11(18)9-17(15)13(19)12(10(2)3)16-14(15)20-4/h10,12H,5-9H2,1-4H3/t12-,15+/m0/s1. The molecule has 5 nitrogen and oxygen atoms in total. The number of carbonyl (C=O) groups excluding carboxylic acids is 2. The summed E-state index contributed by atoms with van der Waals surface area (Å²) in [6, 6.07) is -0.430. The number of hydrogen-bond donors (Lipinski definition) is 0. The van der Waals surface area contributed by atoms with Gasteiger partial charge in [-0.05, 0) is 18.8 Å². The van der Waals surface area contributed by atoms with Crippen LogP contribution in [0.25, 0.3) is 0 Å². The van der Waals surface area contributed by atoms with Crippen LogP contribution in [0.15, 0.2) is 4.99 Å². The fourth-order valence-corrected chi connectivity index (χ4v) is 3.32. The molecular weight excluding hydrogens is 256 g/mol. The second kappa shape index (κ2) is 5.54. The van der Waals surface area contributed by atoms with Crippen molar-refractivity contribution < 1.29 is 14.3 Å². The Morgan fingerprint density at radius 1 is 1.45 bits per heavy atom. The van der Waals surface area contributed by atoms with Gasteiger partial charge in [-0.15, -0.1) is 0 Å². The van der Waals surface area contributed by atoms with E-state index in [0.717, 1.165) is 12.8 Å². The predicted octanol–water partition coefficient (Wildman–Crippen LogP) is 1.80. The maximum atomic E-state index is 12.7. The number of aliphatic imine (C=N–C) groups is 1. The lowest BCUT2D eigenvalue weighted by molar-refractivity contribution is -0.147. The Balaban J connectivity index is 2.49. The maximum absolute atomic E-state index is 12.7. The first-order valence-corrected chi connectivity index (χ1v) is 7.41. The molecule has 0 aromatic heterocycles. The number of rotatable bonds is 3. The average molecular weight is 280 g/mol. The molecule has 0 unspecified atom stereocenters. The molecule has 1 amide bonds. The Morgan fingerprint density at radius 2 is 2.15 bits per heavy atom. The van der Waals surface area contributed by atoms with Gasteiger partial charge in [0, 0.05) is 6.42 Å². The number of carbonyl (C=O) groups is 2. The van der Waals surface area contributed by atoms with Crippen molar-refractivity contribution in [3.8, 4) is 0 Å². The minimum atomic E-state index is -0.500. The van der Waals surface area contributed by atoms with E-state index < -0.39 is 11.6 Å². The lowest BCUT2D eigenvalue weighted by Gasteiger charge is -2.50. The third-order valence-corrected chi connectivity index (χ3v) is 4.33. The Hall–Kier alpha value is -1.39. The SMILES string of the molecule is CCC[C@]12CCC(=O)CN1C(=O)[C@H](C(C)C)N=C2OC. The van der Waals surface area contributed by atoms with Crippen molar-refractivity contribution in [3.05, 3.63) is 0 Å². The Labute approximate surface area is 120 Å². The van der Waals surface area contributed by atoms with Gasteiger partial charge in [0.25, 0.3) is 0 Å². The monoisotopic (exact) mass is 280 g/mol. The molecule has 2 heterocycles. The van der Waals surface area contributed by atoms with E-state index in [4.69, 9.17) is 4.74 Å². The smallest absolute Gasteiger partial charge is 0.249 e. The van der Waals surface area contributed by atoms with Gasteiger partial charge >= 0.3 is 0 Å². The molecule has 0 N–H and O–H groups in total. The summed E-state index contributed by atoms with van der Waals surface area (Å²) in [5.74, 6) is 0.835. The van der Waals surface area contributed by atoms with Crippen LogP contribution >= 0.6 is 0 Å². The highest BCUT2D eigenvalue weighted by Crippen LogP contribution is 2.38. The van der Waals surface area contributed by atoms with E-state index in [-0.39, 0.29) is 24.2 Å². The number of Topliss-reactive ketones (excluding diaryl/α,β-unsaturated/α-hetero) is 1. The van der Waals surface area contributed by atoms with Crippen LogP contribution in [-0.2, 0) is 14.3 Å². The molecule has 112 valence electrons. The molecule has 1 saturated heterocycles. The molecule has 0 aliphatic carbocycles. The van der Waals surface area contributed by atoms with Crippen LogP contribution in [-0.4, -0.2) is 47.7 Å². The Kier molecular flexibility index (Phi) is 4.16. The van der Waals surface area contributed by atoms with Crippen molar-refractivity contribution in [1.29, 1.82) is 0 Å². The lowest BCUT2D eigenvalue weighted by Crippen LogP contribution is -2.66. The molecule has 0 saturated carbocycles. The highest BCUT2D eigenvalue weighted by molar-refractivity contribution is 6.02. The number of ether oxygens (including phenoxy) is 1. The summed E-state index contributed by atoms with van der Waals surface area (Å²) in [5, 5.41) is 0. The largest absolute Gasteiger partial charge is 0.483 e. The van der Waals surface area contributed by atoms with Crippen molar-refractivity contribution >= 4 is 17.6 Å². The van der Waals surface area contributed by atoms with Gasteiger partial charge < -0.3 is 9.64 Å². The third kappa shape index (κ3) is 2.23. The van der Waals surface area contributed by atoms with Gasteiger partial charge in [0.15, 0.2) is 5.78 Å². The Morgan fingerprint density at radius 3 is 2.70 bits per heavy atom. The molecule has 2 aliphatic rings. The van der Waals surface area contributed by atoms with Gasteiger partial charge in [0.2, 0.25) is 11.8 Å². The fraction of sp³-hybridized carbons (Fsp3) is 0.800. The molecule has 0 aromatic rings. The lowest BCUT2D eigenvalue weighted by atomic mass is 9.79. The van der Waals surface area contributed by atoms with Gasteiger partial charge in [0.1, 0.15) is 11.6 Å². The summed E-state index contributed by atoms with van der Waals surface area (Å²) >= 11 is 0. The summed E-state index contributed by atoms with van der Waals surface area (Å²) in [7, 11) is 1.61. The first kappa shape index (κ1) is 15.0. The van der Waals surface area contributed by atoms with Crippen LogP contribution in [0.3, 0.4) is 0 Å². The molecular formula is C15H24N2O3. The van der Waals surface area contributed by atoms with E-state index in [9.17, 15) is 9.59 Å². The molecule has 5 heteroatoms. The number of ketones is 1. The zero-order valence-corrected chi connectivity index (χ0v) is 12.8. The molecule has 0 aromatic carbocycles. The van der Waals surface area contributed by atoms with Crippen LogP contribution in [0.5, 0.6) is 0 Å². The van der Waals surface area contributed by atoms with Crippen LogP contribution in [0.1, 0.15) is 46.5 Å². The van der Waals surface area contributed by atoms with E-state index in [2.05, 4.69) is 11.9 Å². The first-order valence-electron chi connectivity index (χ1n) is 7.41. The molecule has 0 spiro atoms. The van der Waals surface area contributed by atoms with E-state index >= 15 is 0 Å². The molecule has 2 rings (SSSR count). The summed E-state index contributed by atoms with van der Waals surface area (Å²) in [6.45, 7) is 6.22. The summed E-state index contributed by atoms with van der Waals surface area (Å²) < 4.78 is 5.53. The second-order valence-corrected chi connectivity index (χ2v) is 6.07. The Bertz CT molecular complexity index is 444. The van der Waals surface area contributed by atoms with E-state index in [0.29, 0.717) is 18.7 Å². The predicted molar refractivity (Wildman–Crippen MR) is 76.7 cm³/mol. The van der Waals surface area contributed by atoms with Crippen LogP contribution < -0.4 is 0 Å². The van der Waals surface area contributed by atoms with Gasteiger partial charge in [-0.25, -0.2) is 4.99 Å². The zero-order chi connectivity index (χ0) is 14.9. The van der Waals surface area contributed by atoms with Crippen molar-refractivity contribution in [2.24, 2.45) is 10.9 Å². The minimum Gasteiger partial charge on any atom is -0.483 e. The zero-order valence-electron chi connectivity index (χ0n) is 12.8. The van der Waals surface area contributed by atoms with Crippen molar-refractivity contribution in [2.45, 2.75) is 58.0 Å². The molecule has 0 bridgehead atoms. The van der Waals surface area contributed by atoms with Crippen molar-refractivity contribution in [3.63, 3.8) is 0 Å². The second-order valence-electron chi connectivity index (χ2n) is 6.07. The van der Waals surface area contributed by atoms with Crippen molar-refractivity contribution in [1.82, 2.24) is 4.90 Å². The van der Waals surface area contributed by atoms with E-state index in [1.165, 1.54) is 0 Å². The molecule has 2 aliphatic heterocycles. The van der Waals surface area contributed by atoms with E-state index in [1.807, 2.05) is 13.8 Å². The number of piperidine rings is 1. The number of methoxy groups -OCH3 is 1. The summed E-state index contributed by atoms with van der Waals surface area (Å²) in [6.07, 6.45) is 2.84. The molecule has 2 atom stereocenters. The quantitative estimate of drug-likeness (QED) is 0.792. The van der Waals surface area contributed by atoms with Crippen molar-refractivity contribution in [2.75, 3.05) is 13.7 Å². The molecule has 0 radical (unpaired) electrons. The number of amides is 1. The summed E-state index contributed by atoms with van der Waals surface area (Å²) in [4.78, 5) is 30.8. The number of nitrogens with zero attached hydrogens (tertiary/aromatic N) is 2. The van der Waals surface area contributed by atoms with Crippen LogP contribution in [0.4, 0.5) is 0 Å². The minimum absolute atomic E-state index is 0.0256. The molecule has 20 heavy (non-hydrogen) atoms. The normalized spacial score (nSPS) is 30.4. The first-order chi connectivity index (χ1) is 9.46. The van der Waals surface area contributed by atoms with Crippen LogP contribution in [0, 0.1) is 5.92 Å². The van der Waals surface area contributed by atoms with Gasteiger partial charge in [-0.2, -0.15) is 0 Å². The summed E-state index contributed by atoms with van der Waals surface area (Å²) in [5.41, 5.74) is -0.500. The van der Waals surface area contributed by atoms with Gasteiger partial charge in [-0.3, -0.25) is 9.59 Å².